The molecule has 0 atom stereocenters. The normalized spacial score (nSPS) is 15.2. The van der Waals surface area contributed by atoms with E-state index in [1.807, 2.05) is 103 Å². The Balaban J connectivity index is 1.33. The van der Waals surface area contributed by atoms with Crippen LogP contribution < -0.4 is 11.0 Å². The number of halogens is 1. The van der Waals surface area contributed by atoms with Crippen LogP contribution in [0.1, 0.15) is 24.1 Å². The Morgan fingerprint density at radius 3 is 2.18 bits per heavy atom. The standard InChI is InChI=1S/C34H35BBrN5O4/c1-38(37-26-14-8-4-9-15-26)30(28(35)23-42)24-45-33(44)34(25-12-6-3-7-13-25)18-20-40(21-19-34)22-29-31(36)32(43)41(39(29)2)27-16-10-5-11-17-27/h3-17,23,37H,18-22,24H2,1-2H3/b30-28+. The van der Waals surface area contributed by atoms with Crippen LogP contribution in [0.2, 0.25) is 0 Å². The fourth-order valence-corrected chi connectivity index (χ4v) is 6.36. The molecule has 2 heterocycles. The fourth-order valence-electron chi connectivity index (χ4n) is 5.81. The highest BCUT2D eigenvalue weighted by atomic mass is 79.9. The average molecular weight is 668 g/mol. The number of ether oxygens (including phenoxy) is 1. The highest BCUT2D eigenvalue weighted by Crippen LogP contribution is 2.38. The summed E-state index contributed by atoms with van der Waals surface area (Å²) in [4.78, 5) is 41.1. The van der Waals surface area contributed by atoms with Gasteiger partial charge in [0, 0.05) is 20.6 Å². The van der Waals surface area contributed by atoms with E-state index < -0.39 is 5.41 Å². The second-order valence-electron chi connectivity index (χ2n) is 11.1. The van der Waals surface area contributed by atoms with Crippen molar-refractivity contribution in [3.05, 3.63) is 128 Å². The number of benzene rings is 3. The van der Waals surface area contributed by atoms with Crippen molar-refractivity contribution in [1.29, 1.82) is 0 Å². The summed E-state index contributed by atoms with van der Waals surface area (Å²) in [7, 11) is 9.64. The molecule has 1 aliphatic heterocycles. The molecule has 2 radical (unpaired) electrons. The van der Waals surface area contributed by atoms with Crippen molar-refractivity contribution in [3.63, 3.8) is 0 Å². The summed E-state index contributed by atoms with van der Waals surface area (Å²) < 4.78 is 10.00. The average Bonchev–Trinajstić information content (AvgIpc) is 3.28. The number of carbonyl (C=O) groups is 2. The molecule has 11 heteroatoms. The predicted molar refractivity (Wildman–Crippen MR) is 179 cm³/mol. The first kappa shape index (κ1) is 32.1. The zero-order valence-corrected chi connectivity index (χ0v) is 26.9. The van der Waals surface area contributed by atoms with Gasteiger partial charge in [0.2, 0.25) is 0 Å². The number of hydrogen-bond donors (Lipinski definition) is 1. The second kappa shape index (κ2) is 14.2. The van der Waals surface area contributed by atoms with Crippen molar-refractivity contribution >= 4 is 41.7 Å². The zero-order chi connectivity index (χ0) is 32.0. The highest BCUT2D eigenvalue weighted by Gasteiger charge is 2.44. The van der Waals surface area contributed by atoms with E-state index in [1.165, 1.54) is 0 Å². The lowest BCUT2D eigenvalue weighted by Gasteiger charge is -2.40. The number of likely N-dealkylation sites (N-methyl/N-ethyl adjacent to an activating group) is 1. The Morgan fingerprint density at radius 2 is 1.58 bits per heavy atom. The molecule has 0 spiro atoms. The summed E-state index contributed by atoms with van der Waals surface area (Å²) in [5.41, 5.74) is 5.78. The maximum atomic E-state index is 14.0. The van der Waals surface area contributed by atoms with Crippen LogP contribution in [-0.2, 0) is 33.3 Å². The SMILES string of the molecule is [B]/C(C=O)=C(\COC(=O)C1(c2ccccc2)CCN(Cc2c(Br)c(=O)n(-c3ccccc3)n2C)CC1)N(C)Nc1ccccc1. The van der Waals surface area contributed by atoms with Crippen LogP contribution in [0, 0.1) is 0 Å². The maximum absolute atomic E-state index is 14.0. The van der Waals surface area contributed by atoms with E-state index in [0.717, 1.165) is 22.6 Å². The lowest BCUT2D eigenvalue weighted by atomic mass is 9.72. The van der Waals surface area contributed by atoms with Gasteiger partial charge in [0.1, 0.15) is 25.2 Å². The van der Waals surface area contributed by atoms with Crippen LogP contribution in [0.15, 0.2) is 111 Å². The molecule has 45 heavy (non-hydrogen) atoms. The van der Waals surface area contributed by atoms with Gasteiger partial charge < -0.3 is 4.74 Å². The predicted octanol–water partition coefficient (Wildman–Crippen LogP) is 4.55. The largest absolute Gasteiger partial charge is 0.459 e. The minimum Gasteiger partial charge on any atom is -0.459 e. The van der Waals surface area contributed by atoms with Crippen LogP contribution in [0.3, 0.4) is 0 Å². The number of carbonyl (C=O) groups excluding carboxylic acids is 2. The summed E-state index contributed by atoms with van der Waals surface area (Å²) in [5, 5.41) is 1.59. The van der Waals surface area contributed by atoms with Crippen molar-refractivity contribution in [2.24, 2.45) is 7.05 Å². The van der Waals surface area contributed by atoms with Crippen LogP contribution in [0.25, 0.3) is 5.69 Å². The van der Waals surface area contributed by atoms with Crippen LogP contribution in [-0.4, -0.2) is 66.1 Å². The molecule has 3 aromatic carbocycles. The van der Waals surface area contributed by atoms with Crippen LogP contribution >= 0.6 is 15.9 Å². The van der Waals surface area contributed by atoms with E-state index in [4.69, 9.17) is 12.6 Å². The van der Waals surface area contributed by atoms with Gasteiger partial charge in [0.25, 0.3) is 5.56 Å². The molecule has 0 aliphatic carbocycles. The Labute approximate surface area is 272 Å². The van der Waals surface area contributed by atoms with E-state index in [-0.39, 0.29) is 23.6 Å². The molecule has 1 aromatic heterocycles. The number of piperidine rings is 1. The molecule has 0 amide bonds. The molecule has 9 nitrogen and oxygen atoms in total. The van der Waals surface area contributed by atoms with Crippen molar-refractivity contribution in [2.75, 3.05) is 32.2 Å². The third-order valence-corrected chi connectivity index (χ3v) is 9.20. The summed E-state index contributed by atoms with van der Waals surface area (Å²) in [6.07, 6.45) is 1.58. The van der Waals surface area contributed by atoms with Crippen molar-refractivity contribution < 1.29 is 14.3 Å². The van der Waals surface area contributed by atoms with Gasteiger partial charge in [-0.05, 0) is 77.2 Å². The minimum absolute atomic E-state index is 0.0315. The van der Waals surface area contributed by atoms with Crippen molar-refractivity contribution in [1.82, 2.24) is 19.3 Å². The van der Waals surface area contributed by atoms with Gasteiger partial charge in [-0.2, -0.15) is 0 Å². The Hall–Kier alpha value is -4.35. The van der Waals surface area contributed by atoms with E-state index in [9.17, 15) is 14.4 Å². The second-order valence-corrected chi connectivity index (χ2v) is 11.9. The third-order valence-electron chi connectivity index (χ3n) is 8.40. The number of hydrogen-bond acceptors (Lipinski definition) is 7. The minimum atomic E-state index is -0.886. The number of rotatable bonds is 11. The quantitative estimate of drug-likeness (QED) is 0.0826. The first-order valence-corrected chi connectivity index (χ1v) is 15.5. The molecule has 1 N–H and O–H groups in total. The number of aldehydes is 1. The number of aromatic nitrogens is 2. The van der Waals surface area contributed by atoms with Gasteiger partial charge in [-0.25, -0.2) is 4.68 Å². The molecule has 1 saturated heterocycles. The molecule has 5 rings (SSSR count). The van der Waals surface area contributed by atoms with Gasteiger partial charge in [-0.3, -0.25) is 34.4 Å². The van der Waals surface area contributed by atoms with E-state index >= 15 is 0 Å². The summed E-state index contributed by atoms with van der Waals surface area (Å²) in [6, 6.07) is 28.6. The molecule has 1 fully saturated rings. The van der Waals surface area contributed by atoms with Crippen LogP contribution in [0.5, 0.6) is 0 Å². The Morgan fingerprint density at radius 1 is 1.00 bits per heavy atom. The molecule has 0 unspecified atom stereocenters. The Kier molecular flexibility index (Phi) is 10.1. The molecule has 0 saturated carbocycles. The lowest BCUT2D eigenvalue weighted by molar-refractivity contribution is -0.152. The molecule has 1 aliphatic rings. The summed E-state index contributed by atoms with van der Waals surface area (Å²) >= 11 is 3.54. The van der Waals surface area contributed by atoms with E-state index in [0.29, 0.717) is 48.9 Å². The van der Waals surface area contributed by atoms with E-state index in [1.54, 1.807) is 16.7 Å². The first-order valence-electron chi connectivity index (χ1n) is 14.7. The van der Waals surface area contributed by atoms with E-state index in [2.05, 4.69) is 26.3 Å². The number of allylic oxidation sites excluding steroid dienone is 1. The van der Waals surface area contributed by atoms with Crippen molar-refractivity contribution in [3.8, 4) is 5.69 Å². The highest BCUT2D eigenvalue weighted by molar-refractivity contribution is 9.10. The van der Waals surface area contributed by atoms with Gasteiger partial charge >= 0.3 is 5.97 Å². The summed E-state index contributed by atoms with van der Waals surface area (Å²) in [6.45, 7) is 1.57. The topological polar surface area (TPSA) is 88.8 Å². The van der Waals surface area contributed by atoms with Gasteiger partial charge in [0.15, 0.2) is 0 Å². The number of nitrogens with zero attached hydrogens (tertiary/aromatic N) is 4. The van der Waals surface area contributed by atoms with Crippen molar-refractivity contribution in [2.45, 2.75) is 24.8 Å². The van der Waals surface area contributed by atoms with Crippen LogP contribution in [0.4, 0.5) is 5.69 Å². The number of hydrazine groups is 1. The molecule has 230 valence electrons. The number of anilines is 1. The fraction of sp³-hybridized carbons (Fsp3) is 0.265. The number of para-hydroxylation sites is 2. The number of likely N-dealkylation sites (tertiary alicyclic amines) is 1. The van der Waals surface area contributed by atoms with Gasteiger partial charge in [-0.15, -0.1) is 0 Å². The summed E-state index contributed by atoms with van der Waals surface area (Å²) in [5.74, 6) is -0.374. The molecular weight excluding hydrogens is 633 g/mol. The zero-order valence-electron chi connectivity index (χ0n) is 25.4. The molecule has 4 aromatic rings. The van der Waals surface area contributed by atoms with Gasteiger partial charge in [0.05, 0.1) is 28.2 Å². The first-order chi connectivity index (χ1) is 21.7. The lowest BCUT2D eigenvalue weighted by Crippen LogP contribution is -2.48. The smallest absolute Gasteiger partial charge is 0.317 e. The number of nitrogens with one attached hydrogen (secondary N) is 1. The maximum Gasteiger partial charge on any atom is 0.317 e. The molecule has 0 bridgehead atoms. The molecular formula is C34H35BBrN5O4. The third kappa shape index (κ3) is 6.84. The monoisotopic (exact) mass is 667 g/mol. The number of esters is 1. The Bertz CT molecular complexity index is 1720. The van der Waals surface area contributed by atoms with Gasteiger partial charge in [-0.1, -0.05) is 66.7 Å².